The zero-order valence-electron chi connectivity index (χ0n) is 13.8. The summed E-state index contributed by atoms with van der Waals surface area (Å²) >= 11 is 0. The van der Waals surface area contributed by atoms with Crippen LogP contribution in [0.5, 0.6) is 0 Å². The van der Waals surface area contributed by atoms with Gasteiger partial charge in [-0.15, -0.1) is 0 Å². The largest absolute Gasteiger partial charge is 0.357 e. The summed E-state index contributed by atoms with van der Waals surface area (Å²) in [5, 5.41) is 6.42. The Bertz CT molecular complexity index is 622. The zero-order valence-corrected chi connectivity index (χ0v) is 14.6. The molecule has 3 N–H and O–H groups in total. The maximum Gasteiger partial charge on any atom is 0.240 e. The summed E-state index contributed by atoms with van der Waals surface area (Å²) in [5.74, 6) is 0.779. The predicted octanol–water partition coefficient (Wildman–Crippen LogP) is 1.59. The molecule has 1 saturated carbocycles. The van der Waals surface area contributed by atoms with Gasteiger partial charge in [-0.2, -0.15) is 0 Å². The number of hydrogen-bond acceptors (Lipinski definition) is 3. The van der Waals surface area contributed by atoms with Gasteiger partial charge in [-0.1, -0.05) is 19.1 Å². The smallest absolute Gasteiger partial charge is 0.240 e. The van der Waals surface area contributed by atoms with Crippen molar-refractivity contribution < 1.29 is 8.42 Å². The zero-order chi connectivity index (χ0) is 16.7. The molecule has 7 heteroatoms. The molecule has 0 bridgehead atoms. The topological polar surface area (TPSA) is 82.6 Å². The highest BCUT2D eigenvalue weighted by molar-refractivity contribution is 7.89. The maximum atomic E-state index is 12.1. The highest BCUT2D eigenvalue weighted by Crippen LogP contribution is 2.22. The fraction of sp³-hybridized carbons (Fsp3) is 0.562. The van der Waals surface area contributed by atoms with E-state index in [9.17, 15) is 8.42 Å². The maximum absolute atomic E-state index is 12.1. The molecule has 0 spiro atoms. The van der Waals surface area contributed by atoms with Crippen LogP contribution in [0.1, 0.15) is 38.7 Å². The fourth-order valence-electron chi connectivity index (χ4n) is 2.02. The Labute approximate surface area is 138 Å². The summed E-state index contributed by atoms with van der Waals surface area (Å²) < 4.78 is 26.9. The molecule has 0 atom stereocenters. The summed E-state index contributed by atoms with van der Waals surface area (Å²) in [6.07, 6.45) is 2.90. The van der Waals surface area contributed by atoms with Crippen molar-refractivity contribution in [2.75, 3.05) is 13.1 Å². The van der Waals surface area contributed by atoms with Gasteiger partial charge in [0.25, 0.3) is 0 Å². The standard InChI is InChI=1S/C16H26N4O2S/c1-3-11-18-16(17-4-2)19-12-13-5-9-15(10-6-13)23(21,22)20-14-7-8-14/h5-6,9-10,14,20H,3-4,7-8,11-12H2,1-2H3,(H2,17,18,19). The van der Waals surface area contributed by atoms with Gasteiger partial charge in [0.1, 0.15) is 0 Å². The van der Waals surface area contributed by atoms with Crippen molar-refractivity contribution in [1.29, 1.82) is 0 Å². The second kappa shape index (κ2) is 8.31. The van der Waals surface area contributed by atoms with E-state index in [-0.39, 0.29) is 6.04 Å². The lowest BCUT2D eigenvalue weighted by molar-refractivity contribution is 0.581. The molecule has 1 aromatic rings. The number of benzene rings is 1. The number of sulfonamides is 1. The van der Waals surface area contributed by atoms with Gasteiger partial charge in [0.15, 0.2) is 5.96 Å². The van der Waals surface area contributed by atoms with Crippen molar-refractivity contribution in [1.82, 2.24) is 15.4 Å². The molecule has 6 nitrogen and oxygen atoms in total. The molecule has 0 radical (unpaired) electrons. The summed E-state index contributed by atoms with van der Waals surface area (Å²) in [5.41, 5.74) is 0.976. The van der Waals surface area contributed by atoms with Crippen LogP contribution in [0.3, 0.4) is 0 Å². The van der Waals surface area contributed by atoms with Gasteiger partial charge in [0.05, 0.1) is 11.4 Å². The van der Waals surface area contributed by atoms with Gasteiger partial charge in [0, 0.05) is 19.1 Å². The summed E-state index contributed by atoms with van der Waals surface area (Å²) in [4.78, 5) is 4.81. The third-order valence-corrected chi connectivity index (χ3v) is 4.98. The van der Waals surface area contributed by atoms with Crippen molar-refractivity contribution in [2.45, 2.75) is 50.6 Å². The molecule has 0 unspecified atom stereocenters. The van der Waals surface area contributed by atoms with Crippen molar-refractivity contribution >= 4 is 16.0 Å². The van der Waals surface area contributed by atoms with E-state index in [1.54, 1.807) is 12.1 Å². The quantitative estimate of drug-likeness (QED) is 0.497. The highest BCUT2D eigenvalue weighted by Gasteiger charge is 2.27. The number of aliphatic imine (C=N–C) groups is 1. The first-order valence-electron chi connectivity index (χ1n) is 8.18. The molecular weight excluding hydrogens is 312 g/mol. The van der Waals surface area contributed by atoms with E-state index < -0.39 is 10.0 Å². The molecule has 0 aliphatic heterocycles. The molecule has 1 aromatic carbocycles. The van der Waals surface area contributed by atoms with Gasteiger partial charge in [0.2, 0.25) is 10.0 Å². The van der Waals surface area contributed by atoms with E-state index in [0.29, 0.717) is 11.4 Å². The van der Waals surface area contributed by atoms with Gasteiger partial charge in [-0.05, 0) is 43.9 Å². The highest BCUT2D eigenvalue weighted by atomic mass is 32.2. The Morgan fingerprint density at radius 1 is 1.17 bits per heavy atom. The van der Waals surface area contributed by atoms with Crippen LogP contribution in [-0.4, -0.2) is 33.5 Å². The molecule has 0 heterocycles. The molecule has 1 fully saturated rings. The third kappa shape index (κ3) is 5.84. The monoisotopic (exact) mass is 338 g/mol. The SMILES string of the molecule is CCCNC(=NCc1ccc(S(=O)(=O)NC2CC2)cc1)NCC. The molecule has 1 aliphatic rings. The Morgan fingerprint density at radius 3 is 2.43 bits per heavy atom. The van der Waals surface area contributed by atoms with Crippen LogP contribution in [0, 0.1) is 0 Å². The van der Waals surface area contributed by atoms with Gasteiger partial charge in [-0.3, -0.25) is 0 Å². The second-order valence-electron chi connectivity index (χ2n) is 5.66. The van der Waals surface area contributed by atoms with E-state index in [0.717, 1.165) is 43.9 Å². The molecule has 0 amide bonds. The third-order valence-electron chi connectivity index (χ3n) is 3.44. The molecule has 23 heavy (non-hydrogen) atoms. The molecule has 0 saturated heterocycles. The van der Waals surface area contributed by atoms with Crippen LogP contribution < -0.4 is 15.4 Å². The number of nitrogens with one attached hydrogen (secondary N) is 3. The average molecular weight is 338 g/mol. The first kappa shape index (κ1) is 17.7. The molecule has 0 aromatic heterocycles. The first-order valence-corrected chi connectivity index (χ1v) is 9.67. The lowest BCUT2D eigenvalue weighted by Gasteiger charge is -2.10. The van der Waals surface area contributed by atoms with Crippen LogP contribution in [0.2, 0.25) is 0 Å². The normalized spacial score (nSPS) is 15.5. The van der Waals surface area contributed by atoms with E-state index in [2.05, 4.69) is 27.3 Å². The van der Waals surface area contributed by atoms with Gasteiger partial charge >= 0.3 is 0 Å². The Balaban J connectivity index is 1.98. The first-order chi connectivity index (χ1) is 11.0. The Morgan fingerprint density at radius 2 is 1.87 bits per heavy atom. The van der Waals surface area contributed by atoms with Gasteiger partial charge < -0.3 is 10.6 Å². The minimum Gasteiger partial charge on any atom is -0.357 e. The minimum absolute atomic E-state index is 0.122. The van der Waals surface area contributed by atoms with Crippen LogP contribution >= 0.6 is 0 Å². The Hall–Kier alpha value is -1.60. The van der Waals surface area contributed by atoms with E-state index >= 15 is 0 Å². The molecular formula is C16H26N4O2S. The molecule has 1 aliphatic carbocycles. The minimum atomic E-state index is -3.38. The summed E-state index contributed by atoms with van der Waals surface area (Å²) in [6.45, 7) is 6.31. The van der Waals surface area contributed by atoms with E-state index in [1.165, 1.54) is 0 Å². The predicted molar refractivity (Wildman–Crippen MR) is 92.9 cm³/mol. The number of rotatable bonds is 8. The lowest BCUT2D eigenvalue weighted by Crippen LogP contribution is -2.37. The van der Waals surface area contributed by atoms with Crippen LogP contribution in [0.4, 0.5) is 0 Å². The Kier molecular flexibility index (Phi) is 6.41. The fourth-order valence-corrected chi connectivity index (χ4v) is 3.32. The molecule has 2 rings (SSSR count). The second-order valence-corrected chi connectivity index (χ2v) is 7.38. The number of guanidine groups is 1. The van der Waals surface area contributed by atoms with Crippen LogP contribution in [0.25, 0.3) is 0 Å². The van der Waals surface area contributed by atoms with E-state index in [1.807, 2.05) is 19.1 Å². The van der Waals surface area contributed by atoms with Crippen molar-refractivity contribution in [3.8, 4) is 0 Å². The number of hydrogen-bond donors (Lipinski definition) is 3. The van der Waals surface area contributed by atoms with E-state index in [4.69, 9.17) is 0 Å². The average Bonchev–Trinajstić information content (AvgIpc) is 3.34. The van der Waals surface area contributed by atoms with Crippen molar-refractivity contribution in [2.24, 2.45) is 4.99 Å². The van der Waals surface area contributed by atoms with Crippen LogP contribution in [-0.2, 0) is 16.6 Å². The molecule has 128 valence electrons. The van der Waals surface area contributed by atoms with Gasteiger partial charge in [-0.25, -0.2) is 18.1 Å². The van der Waals surface area contributed by atoms with Crippen molar-refractivity contribution in [3.05, 3.63) is 29.8 Å². The summed E-state index contributed by atoms with van der Waals surface area (Å²) in [7, 11) is -3.38. The van der Waals surface area contributed by atoms with Crippen LogP contribution in [0.15, 0.2) is 34.2 Å². The summed E-state index contributed by atoms with van der Waals surface area (Å²) in [6, 6.07) is 7.03. The number of nitrogens with zero attached hydrogens (tertiary/aromatic N) is 1. The van der Waals surface area contributed by atoms with Crippen molar-refractivity contribution in [3.63, 3.8) is 0 Å². The lowest BCUT2D eigenvalue weighted by atomic mass is 10.2.